The summed E-state index contributed by atoms with van der Waals surface area (Å²) in [5.74, 6) is -0.226. The first kappa shape index (κ1) is 14.1. The van der Waals surface area contributed by atoms with Crippen LogP contribution in [0.15, 0.2) is 53.3 Å². The highest BCUT2D eigenvalue weighted by molar-refractivity contribution is 5.91. The van der Waals surface area contributed by atoms with Crippen LogP contribution in [-0.2, 0) is 17.8 Å². The molecule has 0 saturated carbocycles. The van der Waals surface area contributed by atoms with Crippen LogP contribution in [0, 0.1) is 0 Å². The van der Waals surface area contributed by atoms with Gasteiger partial charge < -0.3 is 10.3 Å². The number of nitrogens with one attached hydrogen (secondary N) is 2. The maximum atomic E-state index is 12.1. The van der Waals surface area contributed by atoms with Crippen LogP contribution in [0.2, 0.25) is 0 Å². The Kier molecular flexibility index (Phi) is 3.78. The number of anilines is 1. The number of hydrogen-bond donors (Lipinski definition) is 2. The van der Waals surface area contributed by atoms with E-state index in [1.807, 2.05) is 48.5 Å². The molecule has 0 spiro atoms. The number of amides is 1. The van der Waals surface area contributed by atoms with Crippen molar-refractivity contribution >= 4 is 22.6 Å². The Balaban J connectivity index is 1.78. The molecular formula is C17H17N3O2. The maximum Gasteiger partial charge on any atom is 0.326 e. The molecular weight excluding hydrogens is 278 g/mol. The second-order valence-corrected chi connectivity index (χ2v) is 5.13. The number of carbonyl (C=O) groups is 1. The first-order valence-corrected chi connectivity index (χ1v) is 7.23. The van der Waals surface area contributed by atoms with Crippen LogP contribution < -0.4 is 11.0 Å². The first-order valence-electron chi connectivity index (χ1n) is 7.23. The van der Waals surface area contributed by atoms with Crippen molar-refractivity contribution in [2.75, 3.05) is 5.32 Å². The van der Waals surface area contributed by atoms with Crippen LogP contribution in [0.3, 0.4) is 0 Å². The summed E-state index contributed by atoms with van der Waals surface area (Å²) >= 11 is 0. The van der Waals surface area contributed by atoms with Crippen molar-refractivity contribution in [1.29, 1.82) is 0 Å². The van der Waals surface area contributed by atoms with E-state index in [1.54, 1.807) is 0 Å². The Hall–Kier alpha value is -2.82. The van der Waals surface area contributed by atoms with Gasteiger partial charge in [-0.1, -0.05) is 31.2 Å². The van der Waals surface area contributed by atoms with E-state index < -0.39 is 0 Å². The fraction of sp³-hybridized carbons (Fsp3) is 0.176. The Morgan fingerprint density at radius 3 is 2.59 bits per heavy atom. The number of hydrogen-bond acceptors (Lipinski definition) is 2. The van der Waals surface area contributed by atoms with Crippen molar-refractivity contribution < 1.29 is 4.79 Å². The van der Waals surface area contributed by atoms with Gasteiger partial charge >= 0.3 is 5.69 Å². The number of nitrogens with zero attached hydrogens (tertiary/aromatic N) is 1. The lowest BCUT2D eigenvalue weighted by Gasteiger charge is -2.07. The second kappa shape index (κ2) is 5.89. The highest BCUT2D eigenvalue weighted by Gasteiger charge is 2.10. The predicted molar refractivity (Wildman–Crippen MR) is 87.0 cm³/mol. The SMILES string of the molecule is CCc1ccc(NC(=O)Cn2c(=O)[nH]c3ccccc32)cc1. The minimum Gasteiger partial charge on any atom is -0.325 e. The van der Waals surface area contributed by atoms with Gasteiger partial charge in [-0.2, -0.15) is 0 Å². The lowest BCUT2D eigenvalue weighted by atomic mass is 10.1. The van der Waals surface area contributed by atoms with Crippen LogP contribution >= 0.6 is 0 Å². The van der Waals surface area contributed by atoms with E-state index in [9.17, 15) is 9.59 Å². The third-order valence-corrected chi connectivity index (χ3v) is 3.63. The molecule has 22 heavy (non-hydrogen) atoms. The number of para-hydroxylation sites is 2. The summed E-state index contributed by atoms with van der Waals surface area (Å²) in [6.45, 7) is 2.06. The number of fused-ring (bicyclic) bond motifs is 1. The number of aromatic amines is 1. The summed E-state index contributed by atoms with van der Waals surface area (Å²) in [7, 11) is 0. The zero-order chi connectivity index (χ0) is 15.5. The van der Waals surface area contributed by atoms with E-state index in [2.05, 4.69) is 17.2 Å². The lowest BCUT2D eigenvalue weighted by Crippen LogP contribution is -2.25. The van der Waals surface area contributed by atoms with Crippen molar-refractivity contribution in [3.63, 3.8) is 0 Å². The van der Waals surface area contributed by atoms with E-state index in [-0.39, 0.29) is 18.1 Å². The number of aryl methyl sites for hydroxylation is 1. The molecule has 5 heteroatoms. The highest BCUT2D eigenvalue weighted by Crippen LogP contribution is 2.11. The number of benzene rings is 2. The topological polar surface area (TPSA) is 66.9 Å². The van der Waals surface area contributed by atoms with Gasteiger partial charge in [-0.05, 0) is 36.2 Å². The Morgan fingerprint density at radius 1 is 1.14 bits per heavy atom. The number of imidazole rings is 1. The van der Waals surface area contributed by atoms with Crippen LogP contribution in [0.5, 0.6) is 0 Å². The molecule has 0 aliphatic rings. The van der Waals surface area contributed by atoms with Crippen molar-refractivity contribution in [2.45, 2.75) is 19.9 Å². The van der Waals surface area contributed by atoms with Crippen molar-refractivity contribution in [2.24, 2.45) is 0 Å². The zero-order valence-corrected chi connectivity index (χ0v) is 12.3. The highest BCUT2D eigenvalue weighted by atomic mass is 16.2. The van der Waals surface area contributed by atoms with Crippen molar-refractivity contribution in [3.8, 4) is 0 Å². The van der Waals surface area contributed by atoms with Crippen molar-refractivity contribution in [1.82, 2.24) is 9.55 Å². The minimum absolute atomic E-state index is 0.0155. The molecule has 0 bridgehead atoms. The van der Waals surface area contributed by atoms with Crippen LogP contribution in [-0.4, -0.2) is 15.5 Å². The normalized spacial score (nSPS) is 10.8. The summed E-state index contributed by atoms with van der Waals surface area (Å²) in [5, 5.41) is 2.81. The van der Waals surface area contributed by atoms with Gasteiger partial charge in [0.25, 0.3) is 0 Å². The maximum absolute atomic E-state index is 12.1. The van der Waals surface area contributed by atoms with Gasteiger partial charge in [0.1, 0.15) is 6.54 Å². The van der Waals surface area contributed by atoms with Crippen LogP contribution in [0.1, 0.15) is 12.5 Å². The van der Waals surface area contributed by atoms with Gasteiger partial charge in [-0.15, -0.1) is 0 Å². The van der Waals surface area contributed by atoms with Gasteiger partial charge in [-0.25, -0.2) is 4.79 Å². The quantitative estimate of drug-likeness (QED) is 0.776. The summed E-state index contributed by atoms with van der Waals surface area (Å²) in [4.78, 5) is 26.8. The smallest absolute Gasteiger partial charge is 0.325 e. The summed E-state index contributed by atoms with van der Waals surface area (Å²) < 4.78 is 1.44. The first-order chi connectivity index (χ1) is 10.7. The molecule has 1 amide bonds. The second-order valence-electron chi connectivity index (χ2n) is 5.13. The summed E-state index contributed by atoms with van der Waals surface area (Å²) in [6.07, 6.45) is 0.957. The van der Waals surface area contributed by atoms with Gasteiger partial charge in [0.15, 0.2) is 0 Å². The standard InChI is InChI=1S/C17H17N3O2/c1-2-12-7-9-13(10-8-12)18-16(21)11-20-15-6-4-3-5-14(15)19-17(20)22/h3-10H,2,11H2,1H3,(H,18,21)(H,19,22). The van der Waals surface area contributed by atoms with E-state index >= 15 is 0 Å². The predicted octanol–water partition coefficient (Wildman–Crippen LogP) is 2.53. The van der Waals surface area contributed by atoms with Gasteiger partial charge in [-0.3, -0.25) is 9.36 Å². The number of aromatic nitrogens is 2. The third kappa shape index (κ3) is 2.79. The monoisotopic (exact) mass is 295 g/mol. The molecule has 0 atom stereocenters. The van der Waals surface area contributed by atoms with E-state index in [4.69, 9.17) is 0 Å². The molecule has 3 rings (SSSR count). The minimum atomic E-state index is -0.280. The molecule has 5 nitrogen and oxygen atoms in total. The zero-order valence-electron chi connectivity index (χ0n) is 12.3. The van der Waals surface area contributed by atoms with E-state index in [1.165, 1.54) is 10.1 Å². The largest absolute Gasteiger partial charge is 0.326 e. The van der Waals surface area contributed by atoms with Gasteiger partial charge in [0.2, 0.25) is 5.91 Å². The van der Waals surface area contributed by atoms with E-state index in [0.717, 1.165) is 23.1 Å². The summed E-state index contributed by atoms with van der Waals surface area (Å²) in [6, 6.07) is 15.0. The van der Waals surface area contributed by atoms with Gasteiger partial charge in [0.05, 0.1) is 11.0 Å². The molecule has 0 fully saturated rings. The number of H-pyrrole nitrogens is 1. The molecule has 0 aliphatic carbocycles. The molecule has 0 radical (unpaired) electrons. The fourth-order valence-corrected chi connectivity index (χ4v) is 2.43. The Labute approximate surface area is 127 Å². The molecule has 0 unspecified atom stereocenters. The third-order valence-electron chi connectivity index (χ3n) is 3.63. The molecule has 0 aliphatic heterocycles. The molecule has 112 valence electrons. The molecule has 1 heterocycles. The average molecular weight is 295 g/mol. The Bertz CT molecular complexity index is 859. The molecule has 0 saturated heterocycles. The van der Waals surface area contributed by atoms with Crippen LogP contribution in [0.25, 0.3) is 11.0 Å². The number of rotatable bonds is 4. The van der Waals surface area contributed by atoms with E-state index in [0.29, 0.717) is 0 Å². The van der Waals surface area contributed by atoms with Gasteiger partial charge in [0, 0.05) is 5.69 Å². The lowest BCUT2D eigenvalue weighted by molar-refractivity contribution is -0.116. The fourth-order valence-electron chi connectivity index (χ4n) is 2.43. The molecule has 3 aromatic rings. The molecule has 1 aromatic heterocycles. The number of carbonyl (C=O) groups excluding carboxylic acids is 1. The Morgan fingerprint density at radius 2 is 1.86 bits per heavy atom. The average Bonchev–Trinajstić information content (AvgIpc) is 2.84. The molecule has 2 aromatic carbocycles. The molecule has 2 N–H and O–H groups in total. The van der Waals surface area contributed by atoms with Crippen LogP contribution in [0.4, 0.5) is 5.69 Å². The summed E-state index contributed by atoms with van der Waals surface area (Å²) in [5.41, 5.74) is 3.12. The van der Waals surface area contributed by atoms with Crippen molar-refractivity contribution in [3.05, 3.63) is 64.6 Å².